The molecule has 0 aliphatic carbocycles. The van der Waals surface area contributed by atoms with Crippen LogP contribution in [-0.4, -0.2) is 29.3 Å². The summed E-state index contributed by atoms with van der Waals surface area (Å²) >= 11 is 0. The molecule has 0 bridgehead atoms. The van der Waals surface area contributed by atoms with Crippen molar-refractivity contribution in [3.63, 3.8) is 0 Å². The number of carbonyl (C=O) groups excluding carboxylic acids is 1. The molecule has 0 unspecified atom stereocenters. The maximum Gasteiger partial charge on any atom is 0.504 e. The zero-order valence-electron chi connectivity index (χ0n) is 17.3. The molecule has 1 amide bonds. The summed E-state index contributed by atoms with van der Waals surface area (Å²) in [6.07, 6.45) is 19.5. The van der Waals surface area contributed by atoms with Gasteiger partial charge in [-0.05, 0) is 11.4 Å². The number of hydrogen-bond acceptors (Lipinski definition) is 5. The van der Waals surface area contributed by atoms with Crippen LogP contribution in [0.15, 0.2) is 0 Å². The summed E-state index contributed by atoms with van der Waals surface area (Å²) in [6, 6.07) is 0. The Morgan fingerprint density at radius 1 is 0.815 bits per heavy atom. The van der Waals surface area contributed by atoms with E-state index in [0.29, 0.717) is 6.42 Å². The Balaban J connectivity index is 3.20. The molecule has 0 saturated heterocycles. The first kappa shape index (κ1) is 25.6. The first-order valence-electron chi connectivity index (χ1n) is 10.9. The molecule has 0 fully saturated rings. The lowest BCUT2D eigenvalue weighted by molar-refractivity contribution is -0.989. The summed E-state index contributed by atoms with van der Waals surface area (Å²) in [7, 11) is 0. The number of rotatable bonds is 21. The Morgan fingerprint density at radius 3 is 1.70 bits per heavy atom. The minimum Gasteiger partial charge on any atom is -0.393 e. The Kier molecular flexibility index (Phi) is 19.9. The van der Waals surface area contributed by atoms with Crippen molar-refractivity contribution in [1.29, 1.82) is 0 Å². The van der Waals surface area contributed by atoms with Gasteiger partial charge < -0.3 is 5.11 Å². The van der Waals surface area contributed by atoms with E-state index in [0.717, 1.165) is 19.3 Å². The summed E-state index contributed by atoms with van der Waals surface area (Å²) < 4.78 is 0. The Labute approximate surface area is 164 Å². The first-order valence-corrected chi connectivity index (χ1v) is 10.9. The van der Waals surface area contributed by atoms with Gasteiger partial charge in [-0.25, -0.2) is 0 Å². The number of aliphatic hydroxyl groups is 1. The summed E-state index contributed by atoms with van der Waals surface area (Å²) in [4.78, 5) is 31.0. The lowest BCUT2D eigenvalue weighted by Gasteiger charge is -2.03. The summed E-state index contributed by atoms with van der Waals surface area (Å²) in [5.74, 6) is -0.349. The van der Waals surface area contributed by atoms with Crippen molar-refractivity contribution in [3.8, 4) is 0 Å². The summed E-state index contributed by atoms with van der Waals surface area (Å²) in [5.41, 5.74) is 2.01. The van der Waals surface area contributed by atoms with E-state index in [1.54, 1.807) is 0 Å². The quantitative estimate of drug-likeness (QED) is 0.215. The molecule has 0 aromatic carbocycles. The van der Waals surface area contributed by atoms with E-state index in [-0.39, 0.29) is 24.2 Å². The number of carbonyl (C=O) groups is 1. The van der Waals surface area contributed by atoms with Gasteiger partial charge in [0.25, 0.3) is 5.91 Å². The van der Waals surface area contributed by atoms with Crippen molar-refractivity contribution < 1.29 is 24.8 Å². The molecule has 0 atom stereocenters. The van der Waals surface area contributed by atoms with Crippen molar-refractivity contribution in [3.05, 3.63) is 4.91 Å². The number of hydrogen-bond donors (Lipinski definition) is 2. The van der Waals surface area contributed by atoms with Gasteiger partial charge in [0.1, 0.15) is 4.91 Å². The molecule has 0 aromatic rings. The molecule has 7 heteroatoms. The minimum absolute atomic E-state index is 0.182. The fraction of sp³-hybridized carbons (Fsp3) is 0.950. The third kappa shape index (κ3) is 20.8. The van der Waals surface area contributed by atoms with E-state index in [1.807, 2.05) is 5.48 Å². The van der Waals surface area contributed by atoms with Gasteiger partial charge in [-0.15, -0.1) is 5.48 Å². The molecule has 0 heterocycles. The molecule has 0 aromatic heterocycles. The average molecular weight is 390 g/mol. The van der Waals surface area contributed by atoms with Crippen LogP contribution in [0.5, 0.6) is 0 Å². The molecule has 0 aliphatic rings. The van der Waals surface area contributed by atoms with E-state index in [9.17, 15) is 9.70 Å². The minimum atomic E-state index is -0.349. The fourth-order valence-electron chi connectivity index (χ4n) is 2.94. The van der Waals surface area contributed by atoms with Gasteiger partial charge in [0.05, 0.1) is 6.61 Å². The standard InChI is InChI=1S/C20H40N2O5/c1-2-3-4-5-6-7-8-9-10-11-12-13-14-15-16-17-20(24)21-27-22(25)26-19-18-23/h23H,2-19H2,1H3/p+1. The van der Waals surface area contributed by atoms with Gasteiger partial charge in [-0.2, -0.15) is 4.84 Å². The van der Waals surface area contributed by atoms with E-state index < -0.39 is 0 Å². The van der Waals surface area contributed by atoms with Crippen LogP contribution < -0.4 is 5.48 Å². The third-order valence-corrected chi connectivity index (χ3v) is 4.53. The summed E-state index contributed by atoms with van der Waals surface area (Å²) in [5, 5.41) is 8.24. The number of amides is 1. The van der Waals surface area contributed by atoms with Crippen LogP contribution in [0.25, 0.3) is 0 Å². The second-order valence-corrected chi connectivity index (χ2v) is 7.10. The van der Waals surface area contributed by atoms with Crippen LogP contribution in [0, 0.1) is 4.91 Å². The van der Waals surface area contributed by atoms with Crippen LogP contribution in [0.2, 0.25) is 0 Å². The Hall–Kier alpha value is -1.37. The highest BCUT2D eigenvalue weighted by atomic mass is 17.1. The normalized spacial score (nSPS) is 10.6. The van der Waals surface area contributed by atoms with Gasteiger partial charge >= 0.3 is 5.09 Å². The molecule has 0 saturated carbocycles. The molecule has 27 heavy (non-hydrogen) atoms. The number of hydroxylamine groups is 1. The Morgan fingerprint density at radius 2 is 1.26 bits per heavy atom. The van der Waals surface area contributed by atoms with Gasteiger partial charge in [0.2, 0.25) is 0 Å². The van der Waals surface area contributed by atoms with Crippen molar-refractivity contribution in [1.82, 2.24) is 5.48 Å². The van der Waals surface area contributed by atoms with E-state index >= 15 is 0 Å². The number of nitrogens with one attached hydrogen (secondary N) is 1. The monoisotopic (exact) mass is 389 g/mol. The highest BCUT2D eigenvalue weighted by Crippen LogP contribution is 2.13. The maximum atomic E-state index is 11.4. The number of unbranched alkanes of at least 4 members (excludes halogenated alkanes) is 14. The van der Waals surface area contributed by atoms with Gasteiger partial charge in [0, 0.05) is 6.42 Å². The molecule has 2 N–H and O–H groups in total. The van der Waals surface area contributed by atoms with Crippen LogP contribution in [0.1, 0.15) is 110 Å². The topological polar surface area (TPSA) is 87.9 Å². The Bertz CT molecular complexity index is 353. The largest absolute Gasteiger partial charge is 0.504 e. The first-order chi connectivity index (χ1) is 13.2. The number of aliphatic hydroxyl groups excluding tert-OH is 1. The SMILES string of the molecule is CCCCCCCCCCCCCCCCCC(=O)NO[N+](=O)OCCO. The summed E-state index contributed by atoms with van der Waals surface area (Å²) in [6.45, 7) is 1.78. The predicted molar refractivity (Wildman–Crippen MR) is 105 cm³/mol. The smallest absolute Gasteiger partial charge is 0.393 e. The molecule has 0 spiro atoms. The second-order valence-electron chi connectivity index (χ2n) is 7.10. The highest BCUT2D eigenvalue weighted by molar-refractivity contribution is 5.74. The van der Waals surface area contributed by atoms with Crippen LogP contribution in [0.3, 0.4) is 0 Å². The van der Waals surface area contributed by atoms with Crippen LogP contribution in [0.4, 0.5) is 0 Å². The van der Waals surface area contributed by atoms with Gasteiger partial charge in [-0.1, -0.05) is 96.8 Å². The van der Waals surface area contributed by atoms with Crippen LogP contribution >= 0.6 is 0 Å². The molecule has 160 valence electrons. The third-order valence-electron chi connectivity index (χ3n) is 4.53. The average Bonchev–Trinajstić information content (AvgIpc) is 2.67. The lowest BCUT2D eigenvalue weighted by atomic mass is 10.0. The van der Waals surface area contributed by atoms with Gasteiger partial charge in [0.15, 0.2) is 6.61 Å². The molecule has 0 rings (SSSR count). The molecule has 0 aliphatic heterocycles. The van der Waals surface area contributed by atoms with Crippen molar-refractivity contribution in [2.75, 3.05) is 13.2 Å². The maximum absolute atomic E-state index is 11.4. The van der Waals surface area contributed by atoms with E-state index in [4.69, 9.17) is 5.11 Å². The van der Waals surface area contributed by atoms with Crippen molar-refractivity contribution in [2.24, 2.45) is 0 Å². The van der Waals surface area contributed by atoms with Crippen molar-refractivity contribution >= 4 is 5.91 Å². The van der Waals surface area contributed by atoms with Crippen LogP contribution in [-0.2, 0) is 14.6 Å². The van der Waals surface area contributed by atoms with E-state index in [1.165, 1.54) is 77.0 Å². The second kappa shape index (κ2) is 20.9. The zero-order valence-corrected chi connectivity index (χ0v) is 17.3. The van der Waals surface area contributed by atoms with Crippen molar-refractivity contribution in [2.45, 2.75) is 110 Å². The highest BCUT2D eigenvalue weighted by Gasteiger charge is 2.14. The molecular weight excluding hydrogens is 348 g/mol. The predicted octanol–water partition coefficient (Wildman–Crippen LogP) is 4.91. The molecule has 0 radical (unpaired) electrons. The number of nitrogens with zero attached hydrogens (tertiary/aromatic N) is 1. The van der Waals surface area contributed by atoms with Gasteiger partial charge in [-0.3, -0.25) is 4.79 Å². The van der Waals surface area contributed by atoms with E-state index in [2.05, 4.69) is 16.7 Å². The fourth-order valence-corrected chi connectivity index (χ4v) is 2.94. The molecule has 7 nitrogen and oxygen atoms in total. The zero-order chi connectivity index (χ0) is 20.0. The lowest BCUT2D eigenvalue weighted by Crippen LogP contribution is -2.29. The molecular formula is C20H41N2O5+.